The molecule has 0 saturated heterocycles. The quantitative estimate of drug-likeness (QED) is 0.848. The molecule has 2 aromatic rings. The average molecular weight is 299 g/mol. The molecule has 0 saturated carbocycles. The molecule has 6 heteroatoms. The average Bonchev–Trinajstić information content (AvgIpc) is 2.84. The first kappa shape index (κ1) is 13.8. The number of benzene rings is 1. The van der Waals surface area contributed by atoms with Crippen LogP contribution in [-0.4, -0.2) is 15.6 Å². The first-order chi connectivity index (χ1) is 9.02. The van der Waals surface area contributed by atoms with Crippen LogP contribution in [0.15, 0.2) is 30.5 Å². The number of hydrogen-bond donors (Lipinski definition) is 2. The number of aromatic hydroxyl groups is 1. The molecule has 100 valence electrons. The molecule has 2 N–H and O–H groups in total. The highest BCUT2D eigenvalue weighted by molar-refractivity contribution is 6.37. The standard InChI is InChI=1S/C13H12Cl2N2O2/c1-2-17-5-3-4-11(17)13(19)16-8-6-9(14)12(18)10(15)7-8/h3-7,18H,2H2,1H3,(H,16,19). The third-order valence-corrected chi connectivity index (χ3v) is 3.25. The summed E-state index contributed by atoms with van der Waals surface area (Å²) in [7, 11) is 0. The predicted molar refractivity (Wildman–Crippen MR) is 76.2 cm³/mol. The van der Waals surface area contributed by atoms with Crippen LogP contribution in [0.1, 0.15) is 17.4 Å². The lowest BCUT2D eigenvalue weighted by atomic mass is 10.3. The van der Waals surface area contributed by atoms with Gasteiger partial charge in [-0.3, -0.25) is 4.79 Å². The van der Waals surface area contributed by atoms with Gasteiger partial charge in [0.25, 0.3) is 5.91 Å². The fraction of sp³-hybridized carbons (Fsp3) is 0.154. The monoisotopic (exact) mass is 298 g/mol. The summed E-state index contributed by atoms with van der Waals surface area (Å²) in [6.07, 6.45) is 1.83. The van der Waals surface area contributed by atoms with E-state index >= 15 is 0 Å². The largest absolute Gasteiger partial charge is 0.505 e. The topological polar surface area (TPSA) is 54.3 Å². The van der Waals surface area contributed by atoms with Crippen molar-refractivity contribution in [2.24, 2.45) is 0 Å². The van der Waals surface area contributed by atoms with Gasteiger partial charge < -0.3 is 15.0 Å². The summed E-state index contributed by atoms with van der Waals surface area (Å²) < 4.78 is 1.82. The van der Waals surface area contributed by atoms with Gasteiger partial charge in [-0.25, -0.2) is 0 Å². The SMILES string of the molecule is CCn1cccc1C(=O)Nc1cc(Cl)c(O)c(Cl)c1. The van der Waals surface area contributed by atoms with Gasteiger partial charge in [0.1, 0.15) is 5.69 Å². The Morgan fingerprint density at radius 3 is 2.58 bits per heavy atom. The van der Waals surface area contributed by atoms with Crippen LogP contribution in [0, 0.1) is 0 Å². The maximum absolute atomic E-state index is 12.1. The van der Waals surface area contributed by atoms with E-state index in [1.54, 1.807) is 12.1 Å². The number of aromatic nitrogens is 1. The number of nitrogens with one attached hydrogen (secondary N) is 1. The van der Waals surface area contributed by atoms with E-state index in [2.05, 4.69) is 5.32 Å². The van der Waals surface area contributed by atoms with Gasteiger partial charge >= 0.3 is 0 Å². The van der Waals surface area contributed by atoms with Gasteiger partial charge in [0.05, 0.1) is 10.0 Å². The number of carbonyl (C=O) groups is 1. The third kappa shape index (κ3) is 2.85. The molecule has 0 spiro atoms. The molecule has 19 heavy (non-hydrogen) atoms. The summed E-state index contributed by atoms with van der Waals surface area (Å²) in [6, 6.07) is 6.41. The smallest absolute Gasteiger partial charge is 0.272 e. The van der Waals surface area contributed by atoms with Crippen LogP contribution >= 0.6 is 23.2 Å². The van der Waals surface area contributed by atoms with Gasteiger partial charge in [0, 0.05) is 18.4 Å². The Kier molecular flexibility index (Phi) is 4.02. The van der Waals surface area contributed by atoms with Crippen molar-refractivity contribution in [3.8, 4) is 5.75 Å². The van der Waals surface area contributed by atoms with E-state index in [4.69, 9.17) is 23.2 Å². The summed E-state index contributed by atoms with van der Waals surface area (Å²) >= 11 is 11.6. The molecule has 1 aromatic carbocycles. The van der Waals surface area contributed by atoms with Crippen molar-refractivity contribution in [1.82, 2.24) is 4.57 Å². The second-order valence-corrected chi connectivity index (χ2v) is 4.74. The summed E-state index contributed by atoms with van der Waals surface area (Å²) in [5, 5.41) is 12.3. The van der Waals surface area contributed by atoms with Crippen molar-refractivity contribution < 1.29 is 9.90 Å². The zero-order chi connectivity index (χ0) is 14.0. The van der Waals surface area contributed by atoms with Crippen LogP contribution in [0.25, 0.3) is 0 Å². The van der Waals surface area contributed by atoms with E-state index in [1.807, 2.05) is 17.7 Å². The van der Waals surface area contributed by atoms with E-state index in [1.165, 1.54) is 12.1 Å². The summed E-state index contributed by atoms with van der Waals surface area (Å²) in [5.74, 6) is -0.456. The van der Waals surface area contributed by atoms with Gasteiger partial charge in [0.2, 0.25) is 0 Å². The van der Waals surface area contributed by atoms with Gasteiger partial charge in [-0.1, -0.05) is 23.2 Å². The second kappa shape index (κ2) is 5.55. The fourth-order valence-electron chi connectivity index (χ4n) is 1.73. The second-order valence-electron chi connectivity index (χ2n) is 3.92. The highest BCUT2D eigenvalue weighted by Gasteiger charge is 2.12. The molecule has 1 amide bonds. The number of amides is 1. The van der Waals surface area contributed by atoms with Gasteiger partial charge in [0.15, 0.2) is 5.75 Å². The lowest BCUT2D eigenvalue weighted by Gasteiger charge is -2.09. The Balaban J connectivity index is 2.24. The van der Waals surface area contributed by atoms with E-state index in [0.717, 1.165) is 0 Å². The number of phenolic OH excluding ortho intramolecular Hbond substituents is 1. The van der Waals surface area contributed by atoms with Crippen molar-refractivity contribution in [2.45, 2.75) is 13.5 Å². The van der Waals surface area contributed by atoms with E-state index in [0.29, 0.717) is 17.9 Å². The minimum Gasteiger partial charge on any atom is -0.505 e. The molecule has 4 nitrogen and oxygen atoms in total. The minimum atomic E-state index is -0.260. The van der Waals surface area contributed by atoms with Crippen LogP contribution in [0.3, 0.4) is 0 Å². The van der Waals surface area contributed by atoms with Gasteiger partial charge in [-0.05, 0) is 31.2 Å². The highest BCUT2D eigenvalue weighted by Crippen LogP contribution is 2.34. The number of halogens is 2. The maximum Gasteiger partial charge on any atom is 0.272 e. The Labute approximate surface area is 120 Å². The molecule has 0 atom stereocenters. The minimum absolute atomic E-state index is 0.0914. The van der Waals surface area contributed by atoms with Crippen LogP contribution in [-0.2, 0) is 6.54 Å². The maximum atomic E-state index is 12.1. The van der Waals surface area contributed by atoms with Crippen LogP contribution in [0.2, 0.25) is 10.0 Å². The first-order valence-electron chi connectivity index (χ1n) is 5.67. The number of anilines is 1. The fourth-order valence-corrected chi connectivity index (χ4v) is 2.22. The molecule has 0 aliphatic heterocycles. The summed E-state index contributed by atoms with van der Waals surface area (Å²) in [4.78, 5) is 12.1. The number of hydrogen-bond acceptors (Lipinski definition) is 2. The molecular formula is C13H12Cl2N2O2. The van der Waals surface area contributed by atoms with Crippen LogP contribution in [0.5, 0.6) is 5.75 Å². The molecule has 0 fully saturated rings. The zero-order valence-corrected chi connectivity index (χ0v) is 11.7. The van der Waals surface area contributed by atoms with Crippen molar-refractivity contribution in [1.29, 1.82) is 0 Å². The van der Waals surface area contributed by atoms with Gasteiger partial charge in [-0.2, -0.15) is 0 Å². The number of carbonyl (C=O) groups excluding carboxylic acids is 1. The lowest BCUT2D eigenvalue weighted by Crippen LogP contribution is -2.16. The van der Waals surface area contributed by atoms with Crippen molar-refractivity contribution >= 4 is 34.8 Å². The van der Waals surface area contributed by atoms with E-state index in [9.17, 15) is 9.90 Å². The molecule has 0 bridgehead atoms. The third-order valence-electron chi connectivity index (χ3n) is 2.68. The molecule has 0 aliphatic rings. The van der Waals surface area contributed by atoms with Crippen molar-refractivity contribution in [3.05, 3.63) is 46.2 Å². The predicted octanol–water partition coefficient (Wildman–Crippen LogP) is 3.77. The first-order valence-corrected chi connectivity index (χ1v) is 6.43. The van der Waals surface area contributed by atoms with Gasteiger partial charge in [-0.15, -0.1) is 0 Å². The van der Waals surface area contributed by atoms with Crippen LogP contribution < -0.4 is 5.32 Å². The highest BCUT2D eigenvalue weighted by atomic mass is 35.5. The Morgan fingerprint density at radius 2 is 2.00 bits per heavy atom. The van der Waals surface area contributed by atoms with Crippen molar-refractivity contribution in [3.63, 3.8) is 0 Å². The Bertz CT molecular complexity index is 600. The van der Waals surface area contributed by atoms with E-state index < -0.39 is 0 Å². The number of phenols is 1. The summed E-state index contributed by atoms with van der Waals surface area (Å²) in [5.41, 5.74) is 0.976. The molecule has 0 unspecified atom stereocenters. The Morgan fingerprint density at radius 1 is 1.37 bits per heavy atom. The van der Waals surface area contributed by atoms with Crippen LogP contribution in [0.4, 0.5) is 5.69 Å². The molecular weight excluding hydrogens is 287 g/mol. The number of rotatable bonds is 3. The molecule has 1 heterocycles. The Hall–Kier alpha value is -1.65. The summed E-state index contributed by atoms with van der Waals surface area (Å²) in [6.45, 7) is 2.65. The number of aryl methyl sites for hydroxylation is 1. The number of nitrogens with zero attached hydrogens (tertiary/aromatic N) is 1. The molecule has 1 aromatic heterocycles. The molecule has 0 radical (unpaired) electrons. The lowest BCUT2D eigenvalue weighted by molar-refractivity contribution is 0.101. The van der Waals surface area contributed by atoms with Crippen molar-refractivity contribution in [2.75, 3.05) is 5.32 Å². The van der Waals surface area contributed by atoms with E-state index in [-0.39, 0.29) is 21.7 Å². The normalized spacial score (nSPS) is 10.5. The zero-order valence-electron chi connectivity index (χ0n) is 10.2. The molecule has 2 rings (SSSR count). The molecule has 0 aliphatic carbocycles.